The first-order valence-electron chi connectivity index (χ1n) is 8.55. The van der Waals surface area contributed by atoms with Gasteiger partial charge in [0.2, 0.25) is 5.91 Å². The lowest BCUT2D eigenvalue weighted by atomic mass is 10.1. The number of benzene rings is 2. The van der Waals surface area contributed by atoms with Crippen LogP contribution in [-0.4, -0.2) is 32.0 Å². The molecule has 0 saturated heterocycles. The summed E-state index contributed by atoms with van der Waals surface area (Å²) in [6.45, 7) is 5.79. The molecule has 27 heavy (non-hydrogen) atoms. The molecule has 1 heterocycles. The van der Waals surface area contributed by atoms with Gasteiger partial charge in [-0.2, -0.15) is 0 Å². The summed E-state index contributed by atoms with van der Waals surface area (Å²) in [7, 11) is 0. The highest BCUT2D eigenvalue weighted by Gasteiger charge is 2.20. The van der Waals surface area contributed by atoms with Crippen LogP contribution in [0.5, 0.6) is 0 Å². The molecule has 5 nitrogen and oxygen atoms in total. The molecule has 0 aliphatic heterocycles. The molecule has 7 heteroatoms. The van der Waals surface area contributed by atoms with Crippen molar-refractivity contribution in [1.82, 2.24) is 20.1 Å². The first kappa shape index (κ1) is 19.1. The number of hydrogen-bond donors (Lipinski definition) is 1. The van der Waals surface area contributed by atoms with E-state index in [0.29, 0.717) is 16.5 Å². The average Bonchev–Trinajstić information content (AvgIpc) is 3.03. The van der Waals surface area contributed by atoms with Crippen LogP contribution in [0.25, 0.3) is 17.1 Å². The fraction of sp³-hybridized carbons (Fsp3) is 0.250. The molecule has 0 unspecified atom stereocenters. The molecular weight excluding hydrogens is 363 g/mol. The molecule has 1 aromatic heterocycles. The van der Waals surface area contributed by atoms with Gasteiger partial charge in [-0.25, -0.2) is 4.39 Å². The second-order valence-corrected chi connectivity index (χ2v) is 7.99. The van der Waals surface area contributed by atoms with E-state index in [4.69, 9.17) is 0 Å². The van der Waals surface area contributed by atoms with Crippen molar-refractivity contribution in [2.45, 2.75) is 31.5 Å². The Morgan fingerprint density at radius 2 is 1.74 bits per heavy atom. The summed E-state index contributed by atoms with van der Waals surface area (Å²) >= 11 is 1.27. The molecule has 0 bridgehead atoms. The second kappa shape index (κ2) is 7.92. The first-order valence-corrected chi connectivity index (χ1v) is 9.53. The maximum Gasteiger partial charge on any atom is 0.230 e. The predicted molar refractivity (Wildman–Crippen MR) is 105 cm³/mol. The van der Waals surface area contributed by atoms with E-state index in [1.807, 2.05) is 51.1 Å². The topological polar surface area (TPSA) is 59.8 Å². The van der Waals surface area contributed by atoms with Crippen LogP contribution in [0.15, 0.2) is 59.8 Å². The number of nitrogens with zero attached hydrogens (tertiary/aromatic N) is 3. The molecule has 140 valence electrons. The van der Waals surface area contributed by atoms with Gasteiger partial charge in [0.05, 0.1) is 11.3 Å². The Morgan fingerprint density at radius 1 is 1.07 bits per heavy atom. The Balaban J connectivity index is 1.96. The number of amides is 1. The third-order valence-corrected chi connectivity index (χ3v) is 4.54. The summed E-state index contributed by atoms with van der Waals surface area (Å²) in [6, 6.07) is 15.9. The van der Waals surface area contributed by atoms with Gasteiger partial charge in [-0.05, 0) is 45.0 Å². The monoisotopic (exact) mass is 384 g/mol. The molecule has 0 aliphatic carbocycles. The summed E-state index contributed by atoms with van der Waals surface area (Å²) in [6.07, 6.45) is 0. The van der Waals surface area contributed by atoms with Gasteiger partial charge < -0.3 is 5.32 Å². The molecule has 0 aliphatic rings. The molecule has 0 atom stereocenters. The van der Waals surface area contributed by atoms with Crippen molar-refractivity contribution in [3.63, 3.8) is 0 Å². The van der Waals surface area contributed by atoms with Crippen molar-refractivity contribution >= 4 is 17.7 Å². The molecule has 3 aromatic rings. The molecule has 0 saturated carbocycles. The molecule has 0 radical (unpaired) electrons. The smallest absolute Gasteiger partial charge is 0.230 e. The number of carbonyl (C=O) groups is 1. The van der Waals surface area contributed by atoms with Gasteiger partial charge >= 0.3 is 0 Å². The van der Waals surface area contributed by atoms with E-state index in [2.05, 4.69) is 15.5 Å². The number of thioether (sulfide) groups is 1. The van der Waals surface area contributed by atoms with Gasteiger partial charge in [-0.1, -0.05) is 42.1 Å². The van der Waals surface area contributed by atoms with Gasteiger partial charge in [0.25, 0.3) is 0 Å². The molecule has 0 spiro atoms. The summed E-state index contributed by atoms with van der Waals surface area (Å²) < 4.78 is 16.1. The van der Waals surface area contributed by atoms with E-state index < -0.39 is 0 Å². The zero-order valence-corrected chi connectivity index (χ0v) is 16.3. The first-order chi connectivity index (χ1) is 12.8. The van der Waals surface area contributed by atoms with Crippen LogP contribution < -0.4 is 5.32 Å². The molecule has 3 rings (SSSR count). The average molecular weight is 384 g/mol. The van der Waals surface area contributed by atoms with Crippen molar-refractivity contribution in [3.8, 4) is 17.1 Å². The molecule has 1 N–H and O–H groups in total. The Bertz CT molecular complexity index is 935. The van der Waals surface area contributed by atoms with Crippen LogP contribution in [0.1, 0.15) is 20.8 Å². The number of nitrogens with one attached hydrogen (secondary N) is 1. The standard InChI is InChI=1S/C20H21FN4OS/c1-20(2,3)22-17(26)13-27-19-24-23-18(15-11-7-8-12-16(15)21)25(19)14-9-5-4-6-10-14/h4-12H,13H2,1-3H3,(H,22,26). The summed E-state index contributed by atoms with van der Waals surface area (Å²) in [5.41, 5.74) is 0.864. The quantitative estimate of drug-likeness (QED) is 0.674. The maximum atomic E-state index is 14.3. The highest BCUT2D eigenvalue weighted by atomic mass is 32.2. The fourth-order valence-electron chi connectivity index (χ4n) is 2.57. The summed E-state index contributed by atoms with van der Waals surface area (Å²) in [5, 5.41) is 11.9. The Morgan fingerprint density at radius 3 is 2.41 bits per heavy atom. The van der Waals surface area contributed by atoms with E-state index in [-0.39, 0.29) is 23.0 Å². The van der Waals surface area contributed by atoms with Crippen LogP contribution in [0.4, 0.5) is 4.39 Å². The second-order valence-electron chi connectivity index (χ2n) is 7.04. The zero-order valence-electron chi connectivity index (χ0n) is 15.4. The van der Waals surface area contributed by atoms with Crippen LogP contribution >= 0.6 is 11.8 Å². The Hall–Kier alpha value is -2.67. The minimum Gasteiger partial charge on any atom is -0.351 e. The third-order valence-electron chi connectivity index (χ3n) is 3.61. The van der Waals surface area contributed by atoms with Crippen molar-refractivity contribution in [2.75, 3.05) is 5.75 Å². The number of rotatable bonds is 5. The Labute approximate surface area is 162 Å². The van der Waals surface area contributed by atoms with Gasteiger partial charge in [0.1, 0.15) is 5.82 Å². The number of para-hydroxylation sites is 1. The summed E-state index contributed by atoms with van der Waals surface area (Å²) in [5.74, 6) is 0.129. The normalized spacial score (nSPS) is 11.4. The molecular formula is C20H21FN4OS. The van der Waals surface area contributed by atoms with E-state index in [1.54, 1.807) is 22.8 Å². The minimum absolute atomic E-state index is 0.0949. The van der Waals surface area contributed by atoms with Crippen LogP contribution in [0.2, 0.25) is 0 Å². The predicted octanol–water partition coefficient (Wildman–Crippen LogP) is 4.08. The molecule has 0 fully saturated rings. The van der Waals surface area contributed by atoms with E-state index in [0.717, 1.165) is 5.69 Å². The molecule has 2 aromatic carbocycles. The lowest BCUT2D eigenvalue weighted by Crippen LogP contribution is -2.41. The lowest BCUT2D eigenvalue weighted by Gasteiger charge is -2.20. The molecule has 1 amide bonds. The van der Waals surface area contributed by atoms with Gasteiger partial charge in [0.15, 0.2) is 11.0 Å². The Kier molecular flexibility index (Phi) is 5.60. The number of halogens is 1. The third kappa shape index (κ3) is 4.74. The van der Waals surface area contributed by atoms with Gasteiger partial charge in [-0.15, -0.1) is 10.2 Å². The van der Waals surface area contributed by atoms with Crippen LogP contribution in [0, 0.1) is 5.82 Å². The van der Waals surface area contributed by atoms with E-state index in [1.165, 1.54) is 17.8 Å². The van der Waals surface area contributed by atoms with E-state index in [9.17, 15) is 9.18 Å². The van der Waals surface area contributed by atoms with Crippen LogP contribution in [-0.2, 0) is 4.79 Å². The largest absolute Gasteiger partial charge is 0.351 e. The van der Waals surface area contributed by atoms with Crippen molar-refractivity contribution in [3.05, 3.63) is 60.4 Å². The number of hydrogen-bond acceptors (Lipinski definition) is 4. The minimum atomic E-state index is -0.371. The highest BCUT2D eigenvalue weighted by molar-refractivity contribution is 7.99. The highest BCUT2D eigenvalue weighted by Crippen LogP contribution is 2.29. The van der Waals surface area contributed by atoms with E-state index >= 15 is 0 Å². The lowest BCUT2D eigenvalue weighted by molar-refractivity contribution is -0.119. The zero-order chi connectivity index (χ0) is 19.4. The van der Waals surface area contributed by atoms with Gasteiger partial charge in [-0.3, -0.25) is 9.36 Å². The van der Waals surface area contributed by atoms with Crippen molar-refractivity contribution in [1.29, 1.82) is 0 Å². The van der Waals surface area contributed by atoms with Crippen LogP contribution in [0.3, 0.4) is 0 Å². The number of aromatic nitrogens is 3. The fourth-order valence-corrected chi connectivity index (χ4v) is 3.33. The maximum absolute atomic E-state index is 14.3. The van der Waals surface area contributed by atoms with Crippen molar-refractivity contribution < 1.29 is 9.18 Å². The van der Waals surface area contributed by atoms with Crippen molar-refractivity contribution in [2.24, 2.45) is 0 Å². The van der Waals surface area contributed by atoms with Gasteiger partial charge in [0, 0.05) is 11.2 Å². The summed E-state index contributed by atoms with van der Waals surface area (Å²) in [4.78, 5) is 12.2. The SMILES string of the molecule is CC(C)(C)NC(=O)CSc1nnc(-c2ccccc2F)n1-c1ccccc1. The number of carbonyl (C=O) groups excluding carboxylic acids is 1.